The maximum absolute atomic E-state index is 5.49. The molecule has 20 heavy (non-hydrogen) atoms. The number of ether oxygens (including phenoxy) is 1. The largest absolute Gasteiger partial charge is 0.492 e. The molecule has 0 saturated carbocycles. The molecular weight excluding hydrogens is 250 g/mol. The van der Waals surface area contributed by atoms with Gasteiger partial charge in [-0.2, -0.15) is 0 Å². The molecule has 0 saturated heterocycles. The Morgan fingerprint density at radius 2 is 2.10 bits per heavy atom. The summed E-state index contributed by atoms with van der Waals surface area (Å²) in [4.78, 5) is 4.47. The first-order valence-electron chi connectivity index (χ1n) is 6.82. The van der Waals surface area contributed by atoms with Crippen molar-refractivity contribution in [2.75, 3.05) is 6.54 Å². The molecule has 2 aliphatic heterocycles. The summed E-state index contributed by atoms with van der Waals surface area (Å²) in [5.74, 6) is 0.715. The second-order valence-corrected chi connectivity index (χ2v) is 5.02. The topological polar surface area (TPSA) is 46.3 Å². The third-order valence-corrected chi connectivity index (χ3v) is 3.41. The molecule has 0 bridgehead atoms. The first kappa shape index (κ1) is 12.8. The van der Waals surface area contributed by atoms with Crippen LogP contribution in [0.2, 0.25) is 0 Å². The monoisotopic (exact) mass is 267 g/mol. The third-order valence-electron chi connectivity index (χ3n) is 3.41. The zero-order valence-corrected chi connectivity index (χ0v) is 11.7. The molecule has 0 spiro atoms. The minimum absolute atomic E-state index is 0.0677. The standard InChI is InChI=1S/C16H17N3O/c1-11-9-15(12(2)20-10-11)18-19-16-14-6-4-3-5-13(14)7-8-17-16/h3-6,9-10,12H,7-8H2,1-2H3. The van der Waals surface area contributed by atoms with E-state index < -0.39 is 0 Å². The van der Waals surface area contributed by atoms with Gasteiger partial charge in [0.05, 0.1) is 6.26 Å². The van der Waals surface area contributed by atoms with Gasteiger partial charge in [0.2, 0.25) is 0 Å². The highest BCUT2D eigenvalue weighted by molar-refractivity contribution is 6.01. The highest BCUT2D eigenvalue weighted by Gasteiger charge is 2.15. The molecule has 1 aromatic rings. The molecule has 2 heterocycles. The molecular formula is C16H17N3O. The molecule has 0 aromatic heterocycles. The predicted molar refractivity (Wildman–Crippen MR) is 78.8 cm³/mol. The van der Waals surface area contributed by atoms with Crippen molar-refractivity contribution in [3.8, 4) is 0 Å². The summed E-state index contributed by atoms with van der Waals surface area (Å²) in [6.07, 6.45) is 4.64. The van der Waals surface area contributed by atoms with E-state index in [4.69, 9.17) is 4.74 Å². The molecule has 0 N–H and O–H groups in total. The van der Waals surface area contributed by atoms with Gasteiger partial charge in [-0.25, -0.2) is 0 Å². The van der Waals surface area contributed by atoms with Crippen LogP contribution < -0.4 is 0 Å². The Kier molecular flexibility index (Phi) is 3.46. The summed E-state index contributed by atoms with van der Waals surface area (Å²) in [5, 5.41) is 8.66. The molecule has 3 rings (SSSR count). The Hall–Kier alpha value is -2.23. The number of fused-ring (bicyclic) bond motifs is 1. The fourth-order valence-electron chi connectivity index (χ4n) is 2.29. The first-order valence-corrected chi connectivity index (χ1v) is 6.82. The van der Waals surface area contributed by atoms with Gasteiger partial charge >= 0.3 is 0 Å². The molecule has 0 radical (unpaired) electrons. The van der Waals surface area contributed by atoms with Crippen molar-refractivity contribution >= 4 is 5.84 Å². The number of amidine groups is 1. The van der Waals surface area contributed by atoms with Crippen LogP contribution in [-0.4, -0.2) is 18.5 Å². The third kappa shape index (κ3) is 2.54. The summed E-state index contributed by atoms with van der Waals surface area (Å²) >= 11 is 0. The molecule has 0 fully saturated rings. The van der Waals surface area contributed by atoms with E-state index in [-0.39, 0.29) is 6.10 Å². The van der Waals surface area contributed by atoms with Crippen LogP contribution in [-0.2, 0) is 11.2 Å². The lowest BCUT2D eigenvalue weighted by molar-refractivity contribution is 0.184. The van der Waals surface area contributed by atoms with Crippen molar-refractivity contribution in [2.45, 2.75) is 26.4 Å². The Morgan fingerprint density at radius 3 is 3.00 bits per heavy atom. The number of allylic oxidation sites excluding steroid dienone is 2. The summed E-state index contributed by atoms with van der Waals surface area (Å²) in [7, 11) is 0. The maximum Gasteiger partial charge on any atom is 0.177 e. The van der Waals surface area contributed by atoms with Crippen LogP contribution in [0.1, 0.15) is 25.0 Å². The van der Waals surface area contributed by atoms with E-state index in [0.717, 1.165) is 29.8 Å². The van der Waals surface area contributed by atoms with E-state index in [1.807, 2.05) is 38.1 Å². The Labute approximate surface area is 118 Å². The van der Waals surface area contributed by atoms with Crippen LogP contribution in [0, 0.1) is 0 Å². The number of nitrogens with zero attached hydrogens (tertiary/aromatic N) is 3. The number of azo groups is 1. The van der Waals surface area contributed by atoms with E-state index in [1.54, 1.807) is 6.26 Å². The van der Waals surface area contributed by atoms with Crippen LogP contribution in [0.3, 0.4) is 0 Å². The molecule has 1 unspecified atom stereocenters. The van der Waals surface area contributed by atoms with Crippen molar-refractivity contribution in [3.05, 3.63) is 59.0 Å². The summed E-state index contributed by atoms with van der Waals surface area (Å²) in [6.45, 7) is 4.72. The average molecular weight is 267 g/mol. The normalized spacial score (nSPS) is 21.7. The summed E-state index contributed by atoms with van der Waals surface area (Å²) in [5.41, 5.74) is 4.24. The van der Waals surface area contributed by atoms with Crippen LogP contribution in [0.15, 0.2) is 63.1 Å². The van der Waals surface area contributed by atoms with Gasteiger partial charge in [-0.05, 0) is 37.5 Å². The van der Waals surface area contributed by atoms with Crippen molar-refractivity contribution in [3.63, 3.8) is 0 Å². The minimum atomic E-state index is -0.0677. The molecule has 102 valence electrons. The van der Waals surface area contributed by atoms with Gasteiger partial charge in [-0.15, -0.1) is 10.2 Å². The van der Waals surface area contributed by atoms with Crippen LogP contribution in [0.4, 0.5) is 0 Å². The highest BCUT2D eigenvalue weighted by atomic mass is 16.5. The van der Waals surface area contributed by atoms with E-state index in [9.17, 15) is 0 Å². The minimum Gasteiger partial charge on any atom is -0.492 e. The fraction of sp³-hybridized carbons (Fsp3) is 0.312. The number of hydrogen-bond donors (Lipinski definition) is 0. The number of benzene rings is 1. The first-order chi connectivity index (χ1) is 9.74. The van der Waals surface area contributed by atoms with Gasteiger partial charge in [0.1, 0.15) is 11.8 Å². The zero-order valence-electron chi connectivity index (χ0n) is 11.7. The predicted octanol–water partition coefficient (Wildman–Crippen LogP) is 3.65. The number of rotatable bonds is 1. The van der Waals surface area contributed by atoms with Gasteiger partial charge in [0, 0.05) is 12.1 Å². The van der Waals surface area contributed by atoms with Crippen molar-refractivity contribution in [1.29, 1.82) is 0 Å². The lowest BCUT2D eigenvalue weighted by atomic mass is 10.0. The fourth-order valence-corrected chi connectivity index (χ4v) is 2.29. The van der Waals surface area contributed by atoms with Gasteiger partial charge < -0.3 is 4.74 Å². The van der Waals surface area contributed by atoms with Gasteiger partial charge in [0.15, 0.2) is 5.84 Å². The second kappa shape index (κ2) is 5.41. The number of aliphatic imine (C=N–C) groups is 1. The molecule has 4 heteroatoms. The molecule has 4 nitrogen and oxygen atoms in total. The molecule has 1 aromatic carbocycles. The van der Waals surface area contributed by atoms with Gasteiger partial charge in [0.25, 0.3) is 0 Å². The molecule has 0 amide bonds. The van der Waals surface area contributed by atoms with Gasteiger partial charge in [-0.1, -0.05) is 24.3 Å². The van der Waals surface area contributed by atoms with Crippen molar-refractivity contribution < 1.29 is 4.74 Å². The maximum atomic E-state index is 5.49. The van der Waals surface area contributed by atoms with E-state index in [0.29, 0.717) is 5.84 Å². The lowest BCUT2D eigenvalue weighted by Gasteiger charge is -2.17. The quantitative estimate of drug-likeness (QED) is 0.716. The lowest BCUT2D eigenvalue weighted by Crippen LogP contribution is -2.12. The number of hydrogen-bond acceptors (Lipinski definition) is 4. The SMILES string of the molecule is CC1=COC(C)C(N=NC2=NCCc3ccccc32)=C1. The van der Waals surface area contributed by atoms with E-state index in [2.05, 4.69) is 21.3 Å². The second-order valence-electron chi connectivity index (χ2n) is 5.02. The Morgan fingerprint density at radius 1 is 1.25 bits per heavy atom. The molecule has 0 aliphatic carbocycles. The van der Waals surface area contributed by atoms with E-state index in [1.165, 1.54) is 5.56 Å². The summed E-state index contributed by atoms with van der Waals surface area (Å²) in [6, 6.07) is 8.23. The smallest absolute Gasteiger partial charge is 0.177 e. The Bertz CT molecular complexity index is 641. The molecule has 2 aliphatic rings. The summed E-state index contributed by atoms with van der Waals surface area (Å²) < 4.78 is 5.49. The van der Waals surface area contributed by atoms with Crippen molar-refractivity contribution in [1.82, 2.24) is 0 Å². The van der Waals surface area contributed by atoms with E-state index >= 15 is 0 Å². The average Bonchev–Trinajstić information content (AvgIpc) is 2.48. The van der Waals surface area contributed by atoms with Crippen LogP contribution >= 0.6 is 0 Å². The zero-order chi connectivity index (χ0) is 13.9. The van der Waals surface area contributed by atoms with Crippen LogP contribution in [0.5, 0.6) is 0 Å². The van der Waals surface area contributed by atoms with Crippen LogP contribution in [0.25, 0.3) is 0 Å². The van der Waals surface area contributed by atoms with Gasteiger partial charge in [-0.3, -0.25) is 4.99 Å². The van der Waals surface area contributed by atoms with Crippen molar-refractivity contribution in [2.24, 2.45) is 15.2 Å². The Balaban J connectivity index is 1.87. The highest BCUT2D eigenvalue weighted by Crippen LogP contribution is 2.20. The molecule has 1 atom stereocenters.